The van der Waals surface area contributed by atoms with Crippen molar-refractivity contribution < 1.29 is 4.79 Å². The molecule has 0 aliphatic rings. The largest absolute Gasteiger partial charge is 0.398 e. The number of aryl methyl sites for hydroxylation is 1. The molecule has 0 unspecified atom stereocenters. The Bertz CT molecular complexity index is 820. The van der Waals surface area contributed by atoms with Gasteiger partial charge in [-0.15, -0.1) is 0 Å². The van der Waals surface area contributed by atoms with E-state index in [0.717, 1.165) is 16.6 Å². The number of para-hydroxylation sites is 1. The van der Waals surface area contributed by atoms with Crippen LogP contribution in [0.3, 0.4) is 0 Å². The summed E-state index contributed by atoms with van der Waals surface area (Å²) in [5.74, 6) is -0.0286. The molecule has 3 aromatic rings. The van der Waals surface area contributed by atoms with Crippen molar-refractivity contribution in [2.45, 2.75) is 6.92 Å². The number of hydrogen-bond acceptors (Lipinski definition) is 2. The number of rotatable bonds is 2. The monoisotopic (exact) mass is 328 g/mol. The van der Waals surface area contributed by atoms with Crippen molar-refractivity contribution in [3.63, 3.8) is 0 Å². The first-order valence-corrected chi connectivity index (χ1v) is 7.05. The number of aromatic amines is 1. The van der Waals surface area contributed by atoms with E-state index in [1.807, 2.05) is 31.2 Å². The number of carbonyl (C=O) groups excluding carboxylic acids is 1. The molecule has 0 saturated heterocycles. The minimum Gasteiger partial charge on any atom is -0.398 e. The summed E-state index contributed by atoms with van der Waals surface area (Å²) in [6.45, 7) is 1.91. The Morgan fingerprint density at radius 2 is 1.90 bits per heavy atom. The zero-order chi connectivity index (χ0) is 14.3. The molecule has 0 fully saturated rings. The van der Waals surface area contributed by atoms with Crippen LogP contribution >= 0.6 is 15.9 Å². The number of hydrogen-bond donors (Lipinski definition) is 2. The highest BCUT2D eigenvalue weighted by Gasteiger charge is 2.20. The number of nitrogens with one attached hydrogen (secondary N) is 1. The fourth-order valence-electron chi connectivity index (χ4n) is 2.43. The van der Waals surface area contributed by atoms with Gasteiger partial charge in [-0.1, -0.05) is 24.3 Å². The van der Waals surface area contributed by atoms with Crippen LogP contribution in [0.25, 0.3) is 10.9 Å². The van der Waals surface area contributed by atoms with E-state index in [-0.39, 0.29) is 5.78 Å². The average molecular weight is 329 g/mol. The first-order chi connectivity index (χ1) is 9.59. The fourth-order valence-corrected chi connectivity index (χ4v) is 2.87. The van der Waals surface area contributed by atoms with Gasteiger partial charge in [0.05, 0.1) is 10.0 Å². The summed E-state index contributed by atoms with van der Waals surface area (Å²) < 4.78 is 0.648. The number of ketones is 1. The number of anilines is 1. The van der Waals surface area contributed by atoms with Crippen LogP contribution in [0, 0.1) is 6.92 Å². The number of benzene rings is 2. The second kappa shape index (κ2) is 4.80. The second-order valence-corrected chi connectivity index (χ2v) is 5.50. The zero-order valence-corrected chi connectivity index (χ0v) is 12.5. The van der Waals surface area contributed by atoms with Crippen LogP contribution in [0.15, 0.2) is 46.9 Å². The molecular formula is C16H13BrN2O. The van der Waals surface area contributed by atoms with Gasteiger partial charge in [0, 0.05) is 27.8 Å². The summed E-state index contributed by atoms with van der Waals surface area (Å²) in [5, 5.41) is 0.935. The molecule has 1 heterocycles. The molecule has 0 bridgehead atoms. The van der Waals surface area contributed by atoms with E-state index in [4.69, 9.17) is 5.73 Å². The Kier molecular flexibility index (Phi) is 3.10. The molecule has 4 heteroatoms. The van der Waals surface area contributed by atoms with Crippen molar-refractivity contribution >= 4 is 38.3 Å². The second-order valence-electron chi connectivity index (χ2n) is 4.71. The van der Waals surface area contributed by atoms with Crippen molar-refractivity contribution in [3.05, 3.63) is 63.8 Å². The lowest BCUT2D eigenvalue weighted by Gasteiger charge is -2.06. The number of halogens is 1. The molecule has 3 N–H and O–H groups in total. The lowest BCUT2D eigenvalue weighted by molar-refractivity contribution is 0.103. The van der Waals surface area contributed by atoms with Gasteiger partial charge in [0.15, 0.2) is 5.78 Å². The molecule has 100 valence electrons. The SMILES string of the molecule is Cc1[nH]c2ccccc2c1C(=O)c1cccc(N)c1Br. The van der Waals surface area contributed by atoms with E-state index in [1.165, 1.54) is 0 Å². The van der Waals surface area contributed by atoms with Gasteiger partial charge in [0.1, 0.15) is 0 Å². The first-order valence-electron chi connectivity index (χ1n) is 6.25. The van der Waals surface area contributed by atoms with Crippen LogP contribution in [-0.4, -0.2) is 10.8 Å². The number of nitrogen functional groups attached to an aromatic ring is 1. The van der Waals surface area contributed by atoms with Crippen LogP contribution in [0.5, 0.6) is 0 Å². The third-order valence-electron chi connectivity index (χ3n) is 3.39. The van der Waals surface area contributed by atoms with Crippen molar-refractivity contribution in [1.82, 2.24) is 4.98 Å². The number of fused-ring (bicyclic) bond motifs is 1. The molecule has 2 aromatic carbocycles. The average Bonchev–Trinajstić information content (AvgIpc) is 2.77. The third-order valence-corrected chi connectivity index (χ3v) is 4.28. The summed E-state index contributed by atoms with van der Waals surface area (Å²) in [5.41, 5.74) is 9.53. The van der Waals surface area contributed by atoms with Crippen molar-refractivity contribution in [3.8, 4) is 0 Å². The summed E-state index contributed by atoms with van der Waals surface area (Å²) in [4.78, 5) is 16.1. The van der Waals surface area contributed by atoms with E-state index < -0.39 is 0 Å². The lowest BCUT2D eigenvalue weighted by atomic mass is 10.00. The highest BCUT2D eigenvalue weighted by molar-refractivity contribution is 9.10. The van der Waals surface area contributed by atoms with E-state index in [2.05, 4.69) is 20.9 Å². The molecule has 20 heavy (non-hydrogen) atoms. The maximum absolute atomic E-state index is 12.8. The highest BCUT2D eigenvalue weighted by atomic mass is 79.9. The van der Waals surface area contributed by atoms with Gasteiger partial charge >= 0.3 is 0 Å². The number of carbonyl (C=O) groups is 1. The van der Waals surface area contributed by atoms with E-state index in [9.17, 15) is 4.79 Å². The number of aromatic nitrogens is 1. The summed E-state index contributed by atoms with van der Waals surface area (Å²) in [7, 11) is 0. The number of nitrogens with two attached hydrogens (primary N) is 1. The van der Waals surface area contributed by atoms with Crippen molar-refractivity contribution in [2.75, 3.05) is 5.73 Å². The van der Waals surface area contributed by atoms with Gasteiger partial charge in [0.2, 0.25) is 0 Å². The van der Waals surface area contributed by atoms with E-state index in [1.54, 1.807) is 18.2 Å². The Hall–Kier alpha value is -2.07. The van der Waals surface area contributed by atoms with Gasteiger partial charge < -0.3 is 10.7 Å². The maximum atomic E-state index is 12.8. The van der Waals surface area contributed by atoms with Gasteiger partial charge in [-0.25, -0.2) is 0 Å². The molecule has 0 aliphatic carbocycles. The topological polar surface area (TPSA) is 58.9 Å². The van der Waals surface area contributed by atoms with Gasteiger partial charge in [-0.3, -0.25) is 4.79 Å². The Balaban J connectivity index is 2.23. The molecule has 0 spiro atoms. The summed E-state index contributed by atoms with van der Waals surface area (Å²) >= 11 is 3.40. The quantitative estimate of drug-likeness (QED) is 0.550. The Morgan fingerprint density at radius 3 is 2.70 bits per heavy atom. The van der Waals surface area contributed by atoms with Gasteiger partial charge in [-0.2, -0.15) is 0 Å². The van der Waals surface area contributed by atoms with Crippen LogP contribution in [-0.2, 0) is 0 Å². The maximum Gasteiger partial charge on any atom is 0.196 e. The van der Waals surface area contributed by atoms with Crippen LogP contribution in [0.1, 0.15) is 21.6 Å². The molecule has 3 rings (SSSR count). The van der Waals surface area contributed by atoms with E-state index in [0.29, 0.717) is 21.3 Å². The molecule has 0 radical (unpaired) electrons. The predicted octanol–water partition coefficient (Wildman–Crippen LogP) is 4.05. The standard InChI is InChI=1S/C16H13BrN2O/c1-9-14(10-5-2-3-8-13(10)19-9)16(20)11-6-4-7-12(18)15(11)17/h2-8,19H,18H2,1H3. The minimum atomic E-state index is -0.0286. The zero-order valence-electron chi connectivity index (χ0n) is 10.9. The Morgan fingerprint density at radius 1 is 1.15 bits per heavy atom. The molecule has 0 amide bonds. The predicted molar refractivity (Wildman–Crippen MR) is 85.0 cm³/mol. The third kappa shape index (κ3) is 1.93. The van der Waals surface area contributed by atoms with Crippen LogP contribution < -0.4 is 5.73 Å². The minimum absolute atomic E-state index is 0.0286. The smallest absolute Gasteiger partial charge is 0.196 e. The van der Waals surface area contributed by atoms with Gasteiger partial charge in [0.25, 0.3) is 0 Å². The lowest BCUT2D eigenvalue weighted by Crippen LogP contribution is -2.05. The van der Waals surface area contributed by atoms with Crippen LogP contribution in [0.2, 0.25) is 0 Å². The molecule has 0 aliphatic heterocycles. The first kappa shape index (κ1) is 12.9. The fraction of sp³-hybridized carbons (Fsp3) is 0.0625. The summed E-state index contributed by atoms with van der Waals surface area (Å²) in [6.07, 6.45) is 0. The summed E-state index contributed by atoms with van der Waals surface area (Å²) in [6, 6.07) is 13.1. The normalized spacial score (nSPS) is 10.9. The Labute approximate surface area is 124 Å². The molecule has 0 atom stereocenters. The number of H-pyrrole nitrogens is 1. The molecule has 0 saturated carbocycles. The van der Waals surface area contributed by atoms with E-state index >= 15 is 0 Å². The molecule has 3 nitrogen and oxygen atoms in total. The van der Waals surface area contributed by atoms with Gasteiger partial charge in [-0.05, 0) is 41.1 Å². The molecule has 1 aromatic heterocycles. The molecular weight excluding hydrogens is 316 g/mol. The van der Waals surface area contributed by atoms with Crippen molar-refractivity contribution in [2.24, 2.45) is 0 Å². The highest BCUT2D eigenvalue weighted by Crippen LogP contribution is 2.30. The van der Waals surface area contributed by atoms with Crippen molar-refractivity contribution in [1.29, 1.82) is 0 Å². The van der Waals surface area contributed by atoms with Crippen LogP contribution in [0.4, 0.5) is 5.69 Å².